The molecular weight excluding hydrogens is 504 g/mol. The minimum absolute atomic E-state index is 0.0994. The van der Waals surface area contributed by atoms with E-state index in [0.717, 1.165) is 5.41 Å². The summed E-state index contributed by atoms with van der Waals surface area (Å²) >= 11 is 0. The molecule has 2 amide bonds. The molecular formula is C25H32N2O9S. The molecule has 2 aromatic carbocycles. The number of rotatable bonds is 14. The molecule has 0 aliphatic heterocycles. The Morgan fingerprint density at radius 3 is 2.00 bits per heavy atom. The summed E-state index contributed by atoms with van der Waals surface area (Å²) in [5, 5.41) is 12.3. The first kappa shape index (κ1) is 29.5. The fourth-order valence-corrected chi connectivity index (χ4v) is 4.52. The van der Waals surface area contributed by atoms with Crippen molar-refractivity contribution in [1.82, 2.24) is 5.48 Å². The van der Waals surface area contributed by atoms with Gasteiger partial charge < -0.3 is 24.3 Å². The van der Waals surface area contributed by atoms with E-state index in [1.54, 1.807) is 24.3 Å². The molecule has 0 fully saturated rings. The molecule has 0 aliphatic carbocycles. The van der Waals surface area contributed by atoms with Crippen LogP contribution in [0.1, 0.15) is 36.8 Å². The van der Waals surface area contributed by atoms with E-state index in [2.05, 4.69) is 5.32 Å². The van der Waals surface area contributed by atoms with Gasteiger partial charge in [-0.2, -0.15) is 0 Å². The van der Waals surface area contributed by atoms with Crippen LogP contribution in [0.15, 0.2) is 35.7 Å². The lowest BCUT2D eigenvalue weighted by Gasteiger charge is -2.13. The van der Waals surface area contributed by atoms with Crippen LogP contribution in [0.3, 0.4) is 0 Å². The SMILES string of the molecule is COc1cc(OC)c(/C=C/S(=O)(=O)Cc2ccc(OC)c(NC(=O)CCCCC(=O)NO)c2)c(OC)c1. The van der Waals surface area contributed by atoms with Crippen LogP contribution in [0.2, 0.25) is 0 Å². The van der Waals surface area contributed by atoms with Gasteiger partial charge in [-0.05, 0) is 36.6 Å². The van der Waals surface area contributed by atoms with E-state index in [0.29, 0.717) is 52.7 Å². The van der Waals surface area contributed by atoms with E-state index in [1.807, 2.05) is 0 Å². The predicted octanol–water partition coefficient (Wildman–Crippen LogP) is 3.31. The Bertz CT molecular complexity index is 1200. The number of sulfone groups is 1. The van der Waals surface area contributed by atoms with Crippen LogP contribution in [0.25, 0.3) is 6.08 Å². The van der Waals surface area contributed by atoms with Crippen molar-refractivity contribution in [2.24, 2.45) is 0 Å². The first-order chi connectivity index (χ1) is 17.7. The minimum Gasteiger partial charge on any atom is -0.496 e. The van der Waals surface area contributed by atoms with E-state index in [-0.39, 0.29) is 24.5 Å². The highest BCUT2D eigenvalue weighted by molar-refractivity contribution is 7.93. The highest BCUT2D eigenvalue weighted by atomic mass is 32.2. The van der Waals surface area contributed by atoms with Crippen LogP contribution in [0.5, 0.6) is 23.0 Å². The quantitative estimate of drug-likeness (QED) is 0.188. The maximum atomic E-state index is 12.9. The summed E-state index contributed by atoms with van der Waals surface area (Å²) in [6, 6.07) is 7.95. The number of anilines is 1. The van der Waals surface area contributed by atoms with Gasteiger partial charge in [-0.3, -0.25) is 14.8 Å². The van der Waals surface area contributed by atoms with E-state index in [4.69, 9.17) is 24.2 Å². The Hall–Kier alpha value is -3.77. The molecule has 0 aromatic heterocycles. The highest BCUT2D eigenvalue weighted by Crippen LogP contribution is 2.35. The second-order valence-corrected chi connectivity index (χ2v) is 9.77. The zero-order valence-corrected chi connectivity index (χ0v) is 22.0. The van der Waals surface area contributed by atoms with Gasteiger partial charge in [-0.1, -0.05) is 6.07 Å². The van der Waals surface area contributed by atoms with Crippen LogP contribution >= 0.6 is 0 Å². The zero-order valence-electron chi connectivity index (χ0n) is 21.2. The van der Waals surface area contributed by atoms with Crippen LogP contribution in [0.4, 0.5) is 5.69 Å². The Morgan fingerprint density at radius 2 is 1.46 bits per heavy atom. The molecule has 202 valence electrons. The van der Waals surface area contributed by atoms with Crippen LogP contribution < -0.4 is 29.7 Å². The van der Waals surface area contributed by atoms with Gasteiger partial charge in [0.2, 0.25) is 11.8 Å². The second kappa shape index (κ2) is 14.1. The Balaban J connectivity index is 2.16. The third-order valence-electron chi connectivity index (χ3n) is 5.28. The average Bonchev–Trinajstić information content (AvgIpc) is 2.89. The van der Waals surface area contributed by atoms with Crippen LogP contribution in [-0.2, 0) is 25.2 Å². The van der Waals surface area contributed by atoms with E-state index < -0.39 is 15.7 Å². The Labute approximate surface area is 216 Å². The number of methoxy groups -OCH3 is 4. The van der Waals surface area contributed by atoms with Gasteiger partial charge in [0.25, 0.3) is 0 Å². The van der Waals surface area contributed by atoms with Crippen molar-refractivity contribution in [3.63, 3.8) is 0 Å². The van der Waals surface area contributed by atoms with Gasteiger partial charge in [0.15, 0.2) is 9.84 Å². The summed E-state index contributed by atoms with van der Waals surface area (Å²) in [4.78, 5) is 23.4. The van der Waals surface area contributed by atoms with Crippen LogP contribution in [-0.4, -0.2) is 53.9 Å². The normalized spacial score (nSPS) is 11.2. The van der Waals surface area contributed by atoms with Gasteiger partial charge in [0.05, 0.1) is 45.4 Å². The fourth-order valence-electron chi connectivity index (χ4n) is 3.43. The Kier molecular flexibility index (Phi) is 11.2. The Morgan fingerprint density at radius 1 is 0.865 bits per heavy atom. The monoisotopic (exact) mass is 536 g/mol. The van der Waals surface area contributed by atoms with Gasteiger partial charge in [-0.15, -0.1) is 0 Å². The highest BCUT2D eigenvalue weighted by Gasteiger charge is 2.15. The summed E-state index contributed by atoms with van der Waals surface area (Å²) in [6.45, 7) is 0. The summed E-state index contributed by atoms with van der Waals surface area (Å²) < 4.78 is 46.9. The fraction of sp³-hybridized carbons (Fsp3) is 0.360. The summed E-state index contributed by atoms with van der Waals surface area (Å²) in [5.74, 6) is 0.473. The number of amides is 2. The van der Waals surface area contributed by atoms with Crippen molar-refractivity contribution in [3.8, 4) is 23.0 Å². The first-order valence-electron chi connectivity index (χ1n) is 11.3. The molecule has 0 unspecified atom stereocenters. The van der Waals surface area contributed by atoms with Crippen LogP contribution in [0, 0.1) is 0 Å². The maximum absolute atomic E-state index is 12.9. The molecule has 0 bridgehead atoms. The minimum atomic E-state index is -3.73. The average molecular weight is 537 g/mol. The molecule has 0 saturated carbocycles. The van der Waals surface area contributed by atoms with E-state index >= 15 is 0 Å². The van der Waals surface area contributed by atoms with Crippen molar-refractivity contribution in [1.29, 1.82) is 0 Å². The van der Waals surface area contributed by atoms with Crippen molar-refractivity contribution >= 4 is 33.4 Å². The molecule has 2 rings (SSSR count). The topological polar surface area (TPSA) is 149 Å². The van der Waals surface area contributed by atoms with Gasteiger partial charge >= 0.3 is 0 Å². The molecule has 12 heteroatoms. The lowest BCUT2D eigenvalue weighted by atomic mass is 10.1. The van der Waals surface area contributed by atoms with E-state index in [1.165, 1.54) is 46.1 Å². The molecule has 3 N–H and O–H groups in total. The number of carbonyl (C=O) groups is 2. The summed E-state index contributed by atoms with van der Waals surface area (Å²) in [5.41, 5.74) is 2.75. The van der Waals surface area contributed by atoms with Crippen molar-refractivity contribution in [3.05, 3.63) is 46.9 Å². The lowest BCUT2D eigenvalue weighted by molar-refractivity contribution is -0.129. The third-order valence-corrected chi connectivity index (χ3v) is 6.57. The van der Waals surface area contributed by atoms with Gasteiger partial charge in [-0.25, -0.2) is 13.9 Å². The number of carbonyl (C=O) groups excluding carboxylic acids is 2. The number of hydrogen-bond acceptors (Lipinski definition) is 9. The number of nitrogens with one attached hydrogen (secondary N) is 2. The lowest BCUT2D eigenvalue weighted by Crippen LogP contribution is -2.18. The molecule has 11 nitrogen and oxygen atoms in total. The third kappa shape index (κ3) is 8.99. The molecule has 2 aromatic rings. The number of hydrogen-bond donors (Lipinski definition) is 3. The molecule has 0 spiro atoms. The standard InChI is InChI=1S/C25H32N2O9S/c1-33-18-14-22(35-3)19(23(15-18)36-4)11-12-37(31,32)16-17-9-10-21(34-2)20(13-17)26-24(28)7-5-6-8-25(29)27-30/h9-15,30H,5-8,16H2,1-4H3,(H,26,28)(H,27,29)/b12-11+. The maximum Gasteiger partial charge on any atom is 0.243 e. The second-order valence-electron chi connectivity index (χ2n) is 7.88. The zero-order chi connectivity index (χ0) is 27.4. The van der Waals surface area contributed by atoms with Crippen molar-refractivity contribution < 1.29 is 42.2 Å². The molecule has 0 aliphatic rings. The van der Waals surface area contributed by atoms with Gasteiger partial charge in [0.1, 0.15) is 23.0 Å². The largest absolute Gasteiger partial charge is 0.496 e. The van der Waals surface area contributed by atoms with Gasteiger partial charge in [0, 0.05) is 30.4 Å². The molecule has 0 radical (unpaired) electrons. The number of hydroxylamine groups is 1. The van der Waals surface area contributed by atoms with Crippen molar-refractivity contribution in [2.75, 3.05) is 33.8 Å². The summed E-state index contributed by atoms with van der Waals surface area (Å²) in [7, 11) is 2.13. The smallest absolute Gasteiger partial charge is 0.243 e. The summed E-state index contributed by atoms with van der Waals surface area (Å²) in [6.07, 6.45) is 2.49. The number of ether oxygens (including phenoxy) is 4. The number of benzene rings is 2. The molecule has 0 atom stereocenters. The first-order valence-corrected chi connectivity index (χ1v) is 13.0. The van der Waals surface area contributed by atoms with E-state index in [9.17, 15) is 18.0 Å². The predicted molar refractivity (Wildman–Crippen MR) is 138 cm³/mol. The van der Waals surface area contributed by atoms with Crippen molar-refractivity contribution in [2.45, 2.75) is 31.4 Å². The number of unbranched alkanes of at least 4 members (excludes halogenated alkanes) is 1. The molecule has 0 heterocycles. The molecule has 0 saturated heterocycles. The molecule has 37 heavy (non-hydrogen) atoms.